The second kappa shape index (κ2) is 10.3. The molecule has 1 fully saturated rings. The van der Waals surface area contributed by atoms with Crippen LogP contribution in [0.4, 0.5) is 0 Å². The van der Waals surface area contributed by atoms with Crippen LogP contribution in [0.2, 0.25) is 0 Å². The van der Waals surface area contributed by atoms with Crippen LogP contribution in [0.3, 0.4) is 0 Å². The third-order valence-corrected chi connectivity index (χ3v) is 5.06. The summed E-state index contributed by atoms with van der Waals surface area (Å²) in [4.78, 5) is 12.6. The molecule has 156 valence electrons. The predicted molar refractivity (Wildman–Crippen MR) is 114 cm³/mol. The fourth-order valence-corrected chi connectivity index (χ4v) is 3.49. The van der Waals surface area contributed by atoms with Crippen LogP contribution >= 0.6 is 0 Å². The van der Waals surface area contributed by atoms with Gasteiger partial charge in [0.2, 0.25) is 0 Å². The Kier molecular flexibility index (Phi) is 7.53. The topological polar surface area (TPSA) is 56.8 Å². The summed E-state index contributed by atoms with van der Waals surface area (Å²) in [5.41, 5.74) is 2.62. The predicted octanol–water partition coefficient (Wildman–Crippen LogP) is 4.70. The van der Waals surface area contributed by atoms with Crippen LogP contribution < -0.4 is 14.8 Å². The van der Waals surface area contributed by atoms with Gasteiger partial charge < -0.3 is 19.5 Å². The van der Waals surface area contributed by atoms with Gasteiger partial charge in [0.05, 0.1) is 12.7 Å². The van der Waals surface area contributed by atoms with Gasteiger partial charge in [-0.2, -0.15) is 0 Å². The Bertz CT molecular complexity index is 812. The molecule has 1 amide bonds. The number of benzene rings is 2. The Hall–Kier alpha value is -2.53. The monoisotopic (exact) mass is 397 g/mol. The lowest BCUT2D eigenvalue weighted by molar-refractivity contribution is 0.0857. The quantitative estimate of drug-likeness (QED) is 0.667. The van der Waals surface area contributed by atoms with Crippen molar-refractivity contribution in [2.24, 2.45) is 0 Å². The van der Waals surface area contributed by atoms with E-state index in [1.54, 1.807) is 6.07 Å². The minimum Gasteiger partial charge on any atom is -0.493 e. The van der Waals surface area contributed by atoms with E-state index in [0.29, 0.717) is 31.2 Å². The molecule has 0 radical (unpaired) electrons. The molecule has 1 heterocycles. The highest BCUT2D eigenvalue weighted by atomic mass is 16.5. The number of para-hydroxylation sites is 1. The van der Waals surface area contributed by atoms with Crippen LogP contribution in [0.1, 0.15) is 61.0 Å². The molecule has 0 bridgehead atoms. The van der Waals surface area contributed by atoms with Crippen molar-refractivity contribution < 1.29 is 19.0 Å². The van der Waals surface area contributed by atoms with E-state index in [1.165, 1.54) is 0 Å². The lowest BCUT2D eigenvalue weighted by Gasteiger charge is -2.17. The fraction of sp³-hybridized carbons (Fsp3) is 0.458. The normalized spacial score (nSPS) is 16.1. The van der Waals surface area contributed by atoms with Crippen molar-refractivity contribution in [1.29, 1.82) is 0 Å². The Morgan fingerprint density at radius 2 is 2.00 bits per heavy atom. The second-order valence-electron chi connectivity index (χ2n) is 7.58. The number of hydrogen-bond acceptors (Lipinski definition) is 4. The molecule has 0 aliphatic carbocycles. The summed E-state index contributed by atoms with van der Waals surface area (Å²) in [5, 5.41) is 2.97. The van der Waals surface area contributed by atoms with Gasteiger partial charge in [-0.3, -0.25) is 4.79 Å². The highest BCUT2D eigenvalue weighted by Crippen LogP contribution is 2.28. The number of hydrogen-bond donors (Lipinski definition) is 1. The largest absolute Gasteiger partial charge is 0.493 e. The van der Waals surface area contributed by atoms with E-state index >= 15 is 0 Å². The SMILES string of the molecule is CCOc1ccc(C(=O)NC[C@@H]2CCCO2)cc1COc1ccccc1C(C)C. The van der Waals surface area contributed by atoms with Crippen molar-refractivity contribution in [2.45, 2.75) is 52.2 Å². The van der Waals surface area contributed by atoms with Crippen LogP contribution in [-0.4, -0.2) is 31.8 Å². The highest BCUT2D eigenvalue weighted by molar-refractivity contribution is 5.94. The first-order chi connectivity index (χ1) is 14.1. The summed E-state index contributed by atoms with van der Waals surface area (Å²) in [6, 6.07) is 13.5. The number of amides is 1. The van der Waals surface area contributed by atoms with Gasteiger partial charge in [0.15, 0.2) is 0 Å². The highest BCUT2D eigenvalue weighted by Gasteiger charge is 2.18. The number of nitrogens with one attached hydrogen (secondary N) is 1. The second-order valence-corrected chi connectivity index (χ2v) is 7.58. The first kappa shape index (κ1) is 21.2. The van der Waals surface area contributed by atoms with E-state index in [2.05, 4.69) is 25.2 Å². The van der Waals surface area contributed by atoms with Gasteiger partial charge in [-0.15, -0.1) is 0 Å². The van der Waals surface area contributed by atoms with Gasteiger partial charge in [-0.05, 0) is 55.5 Å². The fourth-order valence-electron chi connectivity index (χ4n) is 3.49. The zero-order valence-electron chi connectivity index (χ0n) is 17.6. The van der Waals surface area contributed by atoms with E-state index in [9.17, 15) is 4.79 Å². The average molecular weight is 398 g/mol. The Labute approximate surface area is 173 Å². The Balaban J connectivity index is 1.72. The lowest BCUT2D eigenvalue weighted by Crippen LogP contribution is -2.31. The van der Waals surface area contributed by atoms with Gasteiger partial charge in [0, 0.05) is 24.3 Å². The number of rotatable bonds is 9. The van der Waals surface area contributed by atoms with Crippen LogP contribution in [0.5, 0.6) is 11.5 Å². The summed E-state index contributed by atoms with van der Waals surface area (Å²) < 4.78 is 17.4. The van der Waals surface area contributed by atoms with Crippen molar-refractivity contribution in [3.63, 3.8) is 0 Å². The molecule has 0 aromatic heterocycles. The number of carbonyl (C=O) groups is 1. The maximum absolute atomic E-state index is 12.6. The molecular formula is C24H31NO4. The van der Waals surface area contributed by atoms with Gasteiger partial charge >= 0.3 is 0 Å². The van der Waals surface area contributed by atoms with Crippen molar-refractivity contribution in [1.82, 2.24) is 5.32 Å². The molecule has 0 saturated carbocycles. The van der Waals surface area contributed by atoms with E-state index in [0.717, 1.165) is 42.1 Å². The zero-order valence-corrected chi connectivity index (χ0v) is 17.6. The number of carbonyl (C=O) groups excluding carboxylic acids is 1. The number of ether oxygens (including phenoxy) is 3. The minimum atomic E-state index is -0.104. The molecule has 1 atom stereocenters. The van der Waals surface area contributed by atoms with E-state index in [1.807, 2.05) is 37.3 Å². The Morgan fingerprint density at radius 1 is 1.17 bits per heavy atom. The van der Waals surface area contributed by atoms with Gasteiger partial charge in [-0.1, -0.05) is 32.0 Å². The smallest absolute Gasteiger partial charge is 0.251 e. The summed E-state index contributed by atoms with van der Waals surface area (Å²) in [7, 11) is 0. The maximum atomic E-state index is 12.6. The minimum absolute atomic E-state index is 0.104. The molecule has 1 saturated heterocycles. The van der Waals surface area contributed by atoms with Crippen LogP contribution in [0.25, 0.3) is 0 Å². The molecule has 2 aromatic rings. The summed E-state index contributed by atoms with van der Waals surface area (Å²) in [5.74, 6) is 1.86. The molecular weight excluding hydrogens is 366 g/mol. The van der Waals surface area contributed by atoms with Crippen LogP contribution in [0, 0.1) is 0 Å². The van der Waals surface area contributed by atoms with E-state index in [4.69, 9.17) is 14.2 Å². The standard InChI is InChI=1S/C24H31NO4/c1-4-27-22-12-11-18(24(26)25-15-20-8-7-13-28-20)14-19(22)16-29-23-10-6-5-9-21(23)17(2)3/h5-6,9-12,14,17,20H,4,7-8,13,15-16H2,1-3H3,(H,25,26)/t20-/m0/s1. The van der Waals surface area contributed by atoms with Crippen molar-refractivity contribution in [3.8, 4) is 11.5 Å². The molecule has 0 unspecified atom stereocenters. The molecule has 29 heavy (non-hydrogen) atoms. The van der Waals surface area contributed by atoms with Crippen LogP contribution in [-0.2, 0) is 11.3 Å². The molecule has 1 aliphatic heterocycles. The van der Waals surface area contributed by atoms with Crippen molar-refractivity contribution in [3.05, 3.63) is 59.2 Å². The third kappa shape index (κ3) is 5.73. The third-order valence-electron chi connectivity index (χ3n) is 5.06. The molecule has 0 spiro atoms. The van der Waals surface area contributed by atoms with Gasteiger partial charge in [0.1, 0.15) is 18.1 Å². The lowest BCUT2D eigenvalue weighted by atomic mass is 10.0. The van der Waals surface area contributed by atoms with Crippen molar-refractivity contribution in [2.75, 3.05) is 19.8 Å². The molecule has 5 nitrogen and oxygen atoms in total. The van der Waals surface area contributed by atoms with E-state index in [-0.39, 0.29) is 12.0 Å². The molecule has 5 heteroatoms. The molecule has 1 aliphatic rings. The average Bonchev–Trinajstić information content (AvgIpc) is 3.25. The summed E-state index contributed by atoms with van der Waals surface area (Å²) >= 11 is 0. The molecule has 2 aromatic carbocycles. The Morgan fingerprint density at radius 3 is 2.72 bits per heavy atom. The molecule has 1 N–H and O–H groups in total. The zero-order chi connectivity index (χ0) is 20.6. The first-order valence-corrected chi connectivity index (χ1v) is 10.5. The summed E-state index contributed by atoms with van der Waals surface area (Å²) in [6.45, 7) is 8.45. The maximum Gasteiger partial charge on any atom is 0.251 e. The van der Waals surface area contributed by atoms with Crippen LogP contribution in [0.15, 0.2) is 42.5 Å². The molecule has 3 rings (SSSR count). The summed E-state index contributed by atoms with van der Waals surface area (Å²) in [6.07, 6.45) is 2.18. The first-order valence-electron chi connectivity index (χ1n) is 10.5. The van der Waals surface area contributed by atoms with Crippen molar-refractivity contribution >= 4 is 5.91 Å². The van der Waals surface area contributed by atoms with Gasteiger partial charge in [-0.25, -0.2) is 0 Å². The van der Waals surface area contributed by atoms with Gasteiger partial charge in [0.25, 0.3) is 5.91 Å². The van der Waals surface area contributed by atoms with E-state index < -0.39 is 0 Å².